The van der Waals surface area contributed by atoms with E-state index in [-0.39, 0.29) is 31.1 Å². The van der Waals surface area contributed by atoms with Crippen molar-refractivity contribution in [1.29, 1.82) is 0 Å². The Morgan fingerprint density at radius 2 is 0.481 bits per heavy atom. The van der Waals surface area contributed by atoms with Crippen LogP contribution in [0, 0.1) is 0 Å². The highest BCUT2D eigenvalue weighted by Gasteiger charge is 2.19. The van der Waals surface area contributed by atoms with Gasteiger partial charge in [-0.3, -0.25) is 14.4 Å². The Morgan fingerprint density at radius 1 is 0.259 bits per heavy atom. The summed E-state index contributed by atoms with van der Waals surface area (Å²) >= 11 is 0. The molecule has 458 valence electrons. The molecule has 0 heterocycles. The number of hydrogen-bond donors (Lipinski definition) is 0. The Morgan fingerprint density at radius 3 is 0.802 bits per heavy atom. The molecular weight excluding hydrogens is 997 g/mol. The van der Waals surface area contributed by atoms with Gasteiger partial charge in [-0.1, -0.05) is 269 Å². The van der Waals surface area contributed by atoms with E-state index in [1.807, 2.05) is 0 Å². The molecule has 0 N–H and O–H groups in total. The highest BCUT2D eigenvalue weighted by Crippen LogP contribution is 2.15. The van der Waals surface area contributed by atoms with Crippen LogP contribution in [0.3, 0.4) is 0 Å². The summed E-state index contributed by atoms with van der Waals surface area (Å²) in [6.07, 6.45) is 97.1. The fraction of sp³-hybridized carbons (Fsp3) is 0.640. The first-order valence-corrected chi connectivity index (χ1v) is 33.3. The number of esters is 3. The van der Waals surface area contributed by atoms with Gasteiger partial charge in [-0.05, 0) is 148 Å². The lowest BCUT2D eigenvalue weighted by Gasteiger charge is -2.18. The molecule has 6 nitrogen and oxygen atoms in total. The van der Waals surface area contributed by atoms with Crippen LogP contribution in [0.25, 0.3) is 0 Å². The topological polar surface area (TPSA) is 78.9 Å². The summed E-state index contributed by atoms with van der Waals surface area (Å²) < 4.78 is 16.9. The van der Waals surface area contributed by atoms with Crippen LogP contribution >= 0.6 is 0 Å². The molecule has 0 saturated heterocycles. The zero-order valence-electron chi connectivity index (χ0n) is 52.5. The van der Waals surface area contributed by atoms with Crippen molar-refractivity contribution in [2.45, 2.75) is 297 Å². The molecule has 0 saturated carbocycles. The molecule has 0 aromatic rings. The predicted octanol–water partition coefficient (Wildman–Crippen LogP) is 23.1. The van der Waals surface area contributed by atoms with E-state index in [1.165, 1.54) is 109 Å². The van der Waals surface area contributed by atoms with Gasteiger partial charge in [0.1, 0.15) is 13.2 Å². The highest BCUT2D eigenvalue weighted by molar-refractivity contribution is 5.71. The summed E-state index contributed by atoms with van der Waals surface area (Å²) in [5, 5.41) is 0. The van der Waals surface area contributed by atoms with Crippen molar-refractivity contribution >= 4 is 17.9 Å². The van der Waals surface area contributed by atoms with Crippen molar-refractivity contribution in [3.05, 3.63) is 146 Å². The maximum atomic E-state index is 12.9. The molecule has 0 aromatic heterocycles. The quantitative estimate of drug-likeness (QED) is 0.0261. The zero-order valence-corrected chi connectivity index (χ0v) is 52.5. The maximum Gasteiger partial charge on any atom is 0.306 e. The third-order valence-electron chi connectivity index (χ3n) is 13.8. The van der Waals surface area contributed by atoms with E-state index in [0.717, 1.165) is 141 Å². The Kier molecular flexibility index (Phi) is 63.9. The normalized spacial score (nSPS) is 13.1. The van der Waals surface area contributed by atoms with Crippen molar-refractivity contribution in [1.82, 2.24) is 0 Å². The summed E-state index contributed by atoms with van der Waals surface area (Å²) in [5.74, 6) is -0.943. The van der Waals surface area contributed by atoms with Crippen molar-refractivity contribution in [3.8, 4) is 0 Å². The van der Waals surface area contributed by atoms with Crippen LogP contribution < -0.4 is 0 Å². The van der Waals surface area contributed by atoms with Gasteiger partial charge in [0.2, 0.25) is 0 Å². The van der Waals surface area contributed by atoms with Crippen LogP contribution in [-0.2, 0) is 28.6 Å². The lowest BCUT2D eigenvalue weighted by Crippen LogP contribution is -2.30. The van der Waals surface area contributed by atoms with Crippen LogP contribution in [0.1, 0.15) is 290 Å². The third kappa shape index (κ3) is 66.0. The molecule has 0 aromatic carbocycles. The largest absolute Gasteiger partial charge is 0.462 e. The molecule has 0 rings (SSSR count). The minimum absolute atomic E-state index is 0.0985. The summed E-state index contributed by atoms with van der Waals surface area (Å²) in [4.78, 5) is 38.3. The Hall–Kier alpha value is -4.71. The van der Waals surface area contributed by atoms with Crippen molar-refractivity contribution in [3.63, 3.8) is 0 Å². The number of unbranched alkanes of at least 4 members (excludes halogenated alkanes) is 24. The molecule has 1 atom stereocenters. The number of carbonyl (C=O) groups excluding carboxylic acids is 3. The second kappa shape index (κ2) is 67.8. The number of ether oxygens (including phenoxy) is 3. The number of allylic oxidation sites excluding steroid dienone is 24. The first-order chi connectivity index (χ1) is 40.0. The summed E-state index contributed by atoms with van der Waals surface area (Å²) in [6.45, 7) is 6.46. The maximum absolute atomic E-state index is 12.9. The highest BCUT2D eigenvalue weighted by atomic mass is 16.6. The van der Waals surface area contributed by atoms with Crippen LogP contribution in [0.5, 0.6) is 0 Å². The van der Waals surface area contributed by atoms with Gasteiger partial charge < -0.3 is 14.2 Å². The van der Waals surface area contributed by atoms with E-state index in [4.69, 9.17) is 14.2 Å². The molecule has 6 heteroatoms. The fourth-order valence-electron chi connectivity index (χ4n) is 8.81. The Balaban J connectivity index is 4.40. The van der Waals surface area contributed by atoms with Crippen LogP contribution in [0.2, 0.25) is 0 Å². The van der Waals surface area contributed by atoms with E-state index in [0.29, 0.717) is 19.3 Å². The predicted molar refractivity (Wildman–Crippen MR) is 352 cm³/mol. The van der Waals surface area contributed by atoms with Gasteiger partial charge in [-0.2, -0.15) is 0 Å². The number of carbonyl (C=O) groups is 3. The van der Waals surface area contributed by atoms with E-state index < -0.39 is 6.10 Å². The van der Waals surface area contributed by atoms with E-state index in [9.17, 15) is 14.4 Å². The van der Waals surface area contributed by atoms with Crippen LogP contribution in [-0.4, -0.2) is 37.2 Å². The third-order valence-corrected chi connectivity index (χ3v) is 13.8. The molecule has 0 amide bonds. The Labute approximate surface area is 499 Å². The average Bonchev–Trinajstić information content (AvgIpc) is 3.46. The molecule has 0 aliphatic rings. The standard InChI is InChI=1S/C75H122O6/c1-4-7-10-13-16-19-22-25-27-29-31-32-33-34-35-36-37-38-39-40-41-42-44-45-47-50-53-56-59-62-65-68-74(77)80-71-72(70-79-73(76)67-64-61-58-55-52-49-24-21-18-15-12-9-6-3)81-75(78)69-66-63-60-57-54-51-48-46-43-30-28-26-23-20-17-14-11-8-5-2/h7,10,16-17,19-21,24-28,31-32,34-35,37-38,40-41,44-45,50,53,72H,4-6,8-9,11-15,18,22-23,29-30,33,36,39,42-43,46-49,51-52,54-71H2,1-3H3/b10-7-,19-16-,20-17-,24-21-,27-25-,28-26-,32-31-,35-34-,38-37-,41-40-,45-44-,53-50-. The minimum atomic E-state index is -0.804. The number of hydrogen-bond acceptors (Lipinski definition) is 6. The van der Waals surface area contributed by atoms with Crippen LogP contribution in [0.4, 0.5) is 0 Å². The van der Waals surface area contributed by atoms with Gasteiger partial charge in [-0.25, -0.2) is 0 Å². The first kappa shape index (κ1) is 76.3. The lowest BCUT2D eigenvalue weighted by atomic mass is 10.1. The molecular formula is C75H122O6. The van der Waals surface area contributed by atoms with E-state index in [2.05, 4.69) is 167 Å². The average molecular weight is 1120 g/mol. The van der Waals surface area contributed by atoms with Gasteiger partial charge in [0.15, 0.2) is 6.10 Å². The molecule has 0 aliphatic carbocycles. The second-order valence-electron chi connectivity index (χ2n) is 21.6. The van der Waals surface area contributed by atoms with Gasteiger partial charge in [0.05, 0.1) is 0 Å². The monoisotopic (exact) mass is 1120 g/mol. The molecule has 0 spiro atoms. The van der Waals surface area contributed by atoms with Gasteiger partial charge in [0.25, 0.3) is 0 Å². The van der Waals surface area contributed by atoms with Gasteiger partial charge >= 0.3 is 17.9 Å². The molecule has 0 bridgehead atoms. The fourth-order valence-corrected chi connectivity index (χ4v) is 8.81. The summed E-state index contributed by atoms with van der Waals surface area (Å²) in [7, 11) is 0. The smallest absolute Gasteiger partial charge is 0.306 e. The molecule has 0 aliphatic heterocycles. The zero-order chi connectivity index (χ0) is 58.5. The molecule has 1 unspecified atom stereocenters. The van der Waals surface area contributed by atoms with E-state index >= 15 is 0 Å². The van der Waals surface area contributed by atoms with Crippen molar-refractivity contribution < 1.29 is 28.6 Å². The first-order valence-electron chi connectivity index (χ1n) is 33.3. The number of rotatable bonds is 59. The van der Waals surface area contributed by atoms with Gasteiger partial charge in [0, 0.05) is 19.3 Å². The summed E-state index contributed by atoms with van der Waals surface area (Å²) in [5.41, 5.74) is 0. The van der Waals surface area contributed by atoms with Crippen molar-refractivity contribution in [2.75, 3.05) is 13.2 Å². The SMILES string of the molecule is CC/C=C\C/C=C\C/C=C\C/C=C\C/C=C\C/C=C\C/C=C\C/C=C\C/C=C\CCCCCC(=O)OCC(COC(=O)CCCCCCC/C=C\CCCCCC)OC(=O)CCCCCCCCCCC/C=C\C/C=C\CCCCC. The minimum Gasteiger partial charge on any atom is -0.462 e. The summed E-state index contributed by atoms with van der Waals surface area (Å²) in [6, 6.07) is 0. The Bertz CT molecular complexity index is 1760. The molecule has 81 heavy (non-hydrogen) atoms. The van der Waals surface area contributed by atoms with E-state index in [1.54, 1.807) is 0 Å². The molecule has 0 radical (unpaired) electrons. The molecule has 0 fully saturated rings. The van der Waals surface area contributed by atoms with Gasteiger partial charge in [-0.15, -0.1) is 0 Å². The van der Waals surface area contributed by atoms with Crippen LogP contribution in [0.15, 0.2) is 146 Å². The second-order valence-corrected chi connectivity index (χ2v) is 21.6. The van der Waals surface area contributed by atoms with Crippen molar-refractivity contribution in [2.24, 2.45) is 0 Å². The lowest BCUT2D eigenvalue weighted by molar-refractivity contribution is -0.167.